The number of carbonyl (C=O) groups is 2. The van der Waals surface area contributed by atoms with E-state index in [-0.39, 0.29) is 17.2 Å². The van der Waals surface area contributed by atoms with Crippen LogP contribution in [0, 0.1) is 0 Å². The summed E-state index contributed by atoms with van der Waals surface area (Å²) in [6.45, 7) is 0. The molecule has 0 saturated heterocycles. The zero-order valence-corrected chi connectivity index (χ0v) is 16.7. The van der Waals surface area contributed by atoms with Gasteiger partial charge in [0.25, 0.3) is 5.56 Å². The third-order valence-electron chi connectivity index (χ3n) is 4.91. The third kappa shape index (κ3) is 3.18. The van der Waals surface area contributed by atoms with E-state index >= 15 is 0 Å². The number of para-hydroxylation sites is 1. The number of aromatic nitrogens is 3. The lowest BCUT2D eigenvalue weighted by Crippen LogP contribution is -2.25. The first-order chi connectivity index (χ1) is 14.4. The van der Waals surface area contributed by atoms with Crippen LogP contribution in [-0.2, 0) is 21.1 Å². The fraction of sp³-hybridized carbons (Fsp3) is 0.136. The van der Waals surface area contributed by atoms with Gasteiger partial charge in [0.15, 0.2) is 5.75 Å². The summed E-state index contributed by atoms with van der Waals surface area (Å²) in [5, 5.41) is 0.469. The maximum Gasteiger partial charge on any atom is 0.360 e. The summed E-state index contributed by atoms with van der Waals surface area (Å²) in [6.07, 6.45) is 3.39. The van der Waals surface area contributed by atoms with Crippen LogP contribution in [-0.4, -0.2) is 25.6 Å². The van der Waals surface area contributed by atoms with Gasteiger partial charge in [0.05, 0.1) is 5.52 Å². The number of pyridine rings is 1. The number of ether oxygens (including phenoxy) is 2. The molecular weight excluding hydrogens is 386 g/mol. The molecule has 152 valence electrons. The molecule has 0 atom stereocenters. The minimum atomic E-state index is -0.731. The van der Waals surface area contributed by atoms with Gasteiger partial charge >= 0.3 is 11.9 Å². The van der Waals surface area contributed by atoms with Crippen molar-refractivity contribution >= 4 is 22.8 Å². The molecule has 0 saturated carbocycles. The summed E-state index contributed by atoms with van der Waals surface area (Å²) in [7, 11) is 4.95. The van der Waals surface area contributed by atoms with Crippen molar-refractivity contribution < 1.29 is 19.1 Å². The maximum atomic E-state index is 13.0. The Labute approximate surface area is 171 Å². The number of fused-ring (bicyclic) bond motifs is 1. The molecule has 0 unspecified atom stereocenters. The van der Waals surface area contributed by atoms with Crippen LogP contribution in [0.4, 0.5) is 0 Å². The highest BCUT2D eigenvalue weighted by molar-refractivity contribution is 5.96. The lowest BCUT2D eigenvalue weighted by molar-refractivity contribution is 0.0671. The molecule has 30 heavy (non-hydrogen) atoms. The highest BCUT2D eigenvalue weighted by Gasteiger charge is 2.25. The Balaban J connectivity index is 1.87. The minimum absolute atomic E-state index is 0.0949. The molecule has 8 heteroatoms. The van der Waals surface area contributed by atoms with Gasteiger partial charge in [-0.25, -0.2) is 9.59 Å². The smallest absolute Gasteiger partial charge is 0.360 e. The molecule has 1 aromatic carbocycles. The lowest BCUT2D eigenvalue weighted by atomic mass is 10.2. The molecule has 3 heterocycles. The number of carbonyl (C=O) groups excluding carboxylic acids is 2. The van der Waals surface area contributed by atoms with E-state index in [9.17, 15) is 14.4 Å². The summed E-state index contributed by atoms with van der Waals surface area (Å²) < 4.78 is 15.6. The van der Waals surface area contributed by atoms with Crippen LogP contribution in [0.15, 0.2) is 65.7 Å². The SMILES string of the molecule is Cn1cccc1C(=O)Oc1c(OC(=O)c2cccn2C)c2ccccc2n(C)c1=O. The van der Waals surface area contributed by atoms with E-state index in [2.05, 4.69) is 0 Å². The summed E-state index contributed by atoms with van der Waals surface area (Å²) in [5.74, 6) is -1.84. The second-order valence-electron chi connectivity index (χ2n) is 6.83. The first kappa shape index (κ1) is 19.3. The number of rotatable bonds is 4. The molecule has 0 amide bonds. The summed E-state index contributed by atoms with van der Waals surface area (Å²) in [4.78, 5) is 38.5. The molecule has 0 aliphatic carbocycles. The van der Waals surface area contributed by atoms with Crippen molar-refractivity contribution in [2.24, 2.45) is 21.1 Å². The third-order valence-corrected chi connectivity index (χ3v) is 4.91. The fourth-order valence-corrected chi connectivity index (χ4v) is 3.27. The van der Waals surface area contributed by atoms with E-state index in [4.69, 9.17) is 9.47 Å². The molecule has 0 fully saturated rings. The van der Waals surface area contributed by atoms with Crippen molar-refractivity contribution in [3.8, 4) is 11.5 Å². The number of nitrogens with zero attached hydrogens (tertiary/aromatic N) is 3. The van der Waals surface area contributed by atoms with Crippen LogP contribution in [0.25, 0.3) is 10.9 Å². The summed E-state index contributed by atoms with van der Waals surface area (Å²) in [5.41, 5.74) is 0.492. The topological polar surface area (TPSA) is 84.5 Å². The molecule has 0 radical (unpaired) electrons. The molecule has 4 rings (SSSR count). The maximum absolute atomic E-state index is 13.0. The molecule has 4 aromatic rings. The fourth-order valence-electron chi connectivity index (χ4n) is 3.27. The first-order valence-electron chi connectivity index (χ1n) is 9.17. The van der Waals surface area contributed by atoms with Crippen LogP contribution in [0.3, 0.4) is 0 Å². The van der Waals surface area contributed by atoms with E-state index in [1.807, 2.05) is 0 Å². The quantitative estimate of drug-likeness (QED) is 0.488. The highest BCUT2D eigenvalue weighted by atomic mass is 16.6. The molecule has 3 aromatic heterocycles. The monoisotopic (exact) mass is 405 g/mol. The standard InChI is InChI=1S/C22H19N3O5/c1-23-12-6-10-16(23)21(27)29-18-14-8-4-5-9-15(14)25(3)20(26)19(18)30-22(28)17-11-7-13-24(17)2/h4-13H,1-3H3. The van der Waals surface area contributed by atoms with Crippen LogP contribution in [0.2, 0.25) is 0 Å². The van der Waals surface area contributed by atoms with Crippen molar-refractivity contribution in [1.29, 1.82) is 0 Å². The summed E-state index contributed by atoms with van der Waals surface area (Å²) in [6, 6.07) is 13.5. The van der Waals surface area contributed by atoms with E-state index in [0.29, 0.717) is 16.6 Å². The van der Waals surface area contributed by atoms with Crippen LogP contribution in [0.5, 0.6) is 11.5 Å². The van der Waals surface area contributed by atoms with Gasteiger partial charge in [-0.05, 0) is 36.4 Å². The van der Waals surface area contributed by atoms with E-state index in [1.54, 1.807) is 91.2 Å². The van der Waals surface area contributed by atoms with Crippen molar-refractivity contribution in [3.63, 3.8) is 0 Å². The van der Waals surface area contributed by atoms with E-state index in [1.165, 1.54) is 4.57 Å². The van der Waals surface area contributed by atoms with Gasteiger partial charge in [0.1, 0.15) is 11.4 Å². The number of esters is 2. The van der Waals surface area contributed by atoms with Gasteiger partial charge in [0, 0.05) is 38.9 Å². The Bertz CT molecular complexity index is 1340. The largest absolute Gasteiger partial charge is 0.417 e. The van der Waals surface area contributed by atoms with Gasteiger partial charge < -0.3 is 23.2 Å². The average molecular weight is 405 g/mol. The lowest BCUT2D eigenvalue weighted by Gasteiger charge is -2.15. The van der Waals surface area contributed by atoms with Crippen LogP contribution >= 0.6 is 0 Å². The first-order valence-corrected chi connectivity index (χ1v) is 9.17. The van der Waals surface area contributed by atoms with Crippen molar-refractivity contribution in [2.75, 3.05) is 0 Å². The minimum Gasteiger partial charge on any atom is -0.417 e. The second-order valence-corrected chi connectivity index (χ2v) is 6.83. The molecule has 0 aliphatic rings. The Kier molecular flexibility index (Phi) is 4.75. The predicted octanol–water partition coefficient (Wildman–Crippen LogP) is 2.65. The van der Waals surface area contributed by atoms with Gasteiger partial charge in [0.2, 0.25) is 5.75 Å². The van der Waals surface area contributed by atoms with Crippen molar-refractivity contribution in [2.45, 2.75) is 0 Å². The molecule has 0 bridgehead atoms. The normalized spacial score (nSPS) is 10.9. The van der Waals surface area contributed by atoms with E-state index in [0.717, 1.165) is 0 Å². The van der Waals surface area contributed by atoms with E-state index < -0.39 is 17.5 Å². The molecule has 8 nitrogen and oxygen atoms in total. The van der Waals surface area contributed by atoms with Crippen molar-refractivity contribution in [3.05, 3.63) is 82.7 Å². The van der Waals surface area contributed by atoms with Crippen LogP contribution in [0.1, 0.15) is 21.0 Å². The highest BCUT2D eigenvalue weighted by Crippen LogP contribution is 2.33. The average Bonchev–Trinajstić information content (AvgIpc) is 3.36. The number of aryl methyl sites for hydroxylation is 3. The predicted molar refractivity (Wildman–Crippen MR) is 110 cm³/mol. The van der Waals surface area contributed by atoms with Gasteiger partial charge in [-0.2, -0.15) is 0 Å². The number of hydrogen-bond donors (Lipinski definition) is 0. The van der Waals surface area contributed by atoms with Crippen molar-refractivity contribution in [1.82, 2.24) is 13.7 Å². The van der Waals surface area contributed by atoms with Crippen LogP contribution < -0.4 is 15.0 Å². The molecular formula is C22H19N3O5. The number of benzene rings is 1. The Morgan fingerprint density at radius 1 is 0.733 bits per heavy atom. The number of hydrogen-bond acceptors (Lipinski definition) is 5. The molecule has 0 aliphatic heterocycles. The van der Waals surface area contributed by atoms with Gasteiger partial charge in [-0.1, -0.05) is 12.1 Å². The second kappa shape index (κ2) is 7.40. The molecule has 0 spiro atoms. The Morgan fingerprint density at radius 3 is 1.80 bits per heavy atom. The van der Waals surface area contributed by atoms with Gasteiger partial charge in [-0.3, -0.25) is 4.79 Å². The zero-order valence-electron chi connectivity index (χ0n) is 16.7. The summed E-state index contributed by atoms with van der Waals surface area (Å²) >= 11 is 0. The Hall–Kier alpha value is -4.07. The molecule has 0 N–H and O–H groups in total. The van der Waals surface area contributed by atoms with Gasteiger partial charge in [-0.15, -0.1) is 0 Å². The Morgan fingerprint density at radius 2 is 1.27 bits per heavy atom. The zero-order chi connectivity index (χ0) is 21.4.